The van der Waals surface area contributed by atoms with E-state index in [2.05, 4.69) is 265 Å². The molecular formula is C84H100N8O4. The molecule has 0 spiro atoms. The lowest BCUT2D eigenvalue weighted by Crippen LogP contribution is -2.24. The van der Waals surface area contributed by atoms with Gasteiger partial charge in [0.25, 0.3) is 0 Å². The van der Waals surface area contributed by atoms with Crippen molar-refractivity contribution in [3.8, 4) is 0 Å². The number of nitrogens with one attached hydrogen (secondary N) is 8. The fourth-order valence-electron chi connectivity index (χ4n) is 14.4. The van der Waals surface area contributed by atoms with Crippen LogP contribution in [0.3, 0.4) is 0 Å². The summed E-state index contributed by atoms with van der Waals surface area (Å²) in [6.07, 6.45) is 3.09. The predicted molar refractivity (Wildman–Crippen MR) is 391 cm³/mol. The van der Waals surface area contributed by atoms with Crippen LogP contribution in [0.1, 0.15) is 231 Å². The average molecular weight is 1290 g/mol. The number of hydrogen-bond donors (Lipinski definition) is 8. The Bertz CT molecular complexity index is 4350. The molecule has 4 atom stereocenters. The Morgan fingerprint density at radius 1 is 0.323 bits per heavy atom. The molecule has 0 saturated heterocycles. The summed E-state index contributed by atoms with van der Waals surface area (Å²) in [5.74, 6) is -0.960. The molecule has 0 unspecified atom stereocenters. The molecule has 500 valence electrons. The van der Waals surface area contributed by atoms with Gasteiger partial charge in [0.05, 0.1) is 22.7 Å². The van der Waals surface area contributed by atoms with Gasteiger partial charge in [0, 0.05) is 101 Å². The van der Waals surface area contributed by atoms with Gasteiger partial charge in [0.1, 0.15) is 0 Å². The van der Waals surface area contributed by atoms with Crippen molar-refractivity contribution < 1.29 is 19.2 Å². The van der Waals surface area contributed by atoms with Gasteiger partial charge in [-0.2, -0.15) is 0 Å². The van der Waals surface area contributed by atoms with Crippen LogP contribution in [0.4, 0.5) is 22.7 Å². The number of carbonyl (C=O) groups is 4. The van der Waals surface area contributed by atoms with Crippen molar-refractivity contribution in [2.75, 3.05) is 21.3 Å². The largest absolute Gasteiger partial charge is 0.354 e. The fraction of sp³-hybridized carbons (Fsp3) is 0.429. The lowest BCUT2D eigenvalue weighted by Gasteiger charge is -2.26. The normalized spacial score (nSPS) is 20.5. The molecule has 5 aliphatic rings. The van der Waals surface area contributed by atoms with Crippen molar-refractivity contribution in [3.63, 3.8) is 0 Å². The van der Waals surface area contributed by atoms with E-state index in [1.165, 1.54) is 22.3 Å². The Balaban J connectivity index is 1.18. The molecule has 8 N–H and O–H groups in total. The van der Waals surface area contributed by atoms with Crippen molar-refractivity contribution in [2.24, 2.45) is 45.3 Å². The highest BCUT2D eigenvalue weighted by Gasteiger charge is 2.53. The molecule has 0 radical (unpaired) electrons. The van der Waals surface area contributed by atoms with Crippen molar-refractivity contribution in [1.82, 2.24) is 19.9 Å². The number of hydrogen-bond acceptors (Lipinski definition) is 4. The van der Waals surface area contributed by atoms with Crippen LogP contribution >= 0.6 is 0 Å². The van der Waals surface area contributed by atoms with E-state index in [1.807, 2.05) is 36.4 Å². The molecule has 1 aliphatic heterocycles. The van der Waals surface area contributed by atoms with Gasteiger partial charge in [-0.25, -0.2) is 0 Å². The second-order valence-electron chi connectivity index (χ2n) is 35.6. The second kappa shape index (κ2) is 22.5. The van der Waals surface area contributed by atoms with E-state index < -0.39 is 0 Å². The highest BCUT2D eigenvalue weighted by Crippen LogP contribution is 2.55. The van der Waals surface area contributed by atoms with E-state index in [0.29, 0.717) is 33.9 Å². The third-order valence-corrected chi connectivity index (χ3v) is 21.8. The molecule has 4 aliphatic carbocycles. The van der Waals surface area contributed by atoms with Crippen LogP contribution < -0.4 is 42.7 Å². The first-order chi connectivity index (χ1) is 44.7. The first kappa shape index (κ1) is 66.0. The maximum absolute atomic E-state index is 14.6. The fourth-order valence-corrected chi connectivity index (χ4v) is 14.4. The summed E-state index contributed by atoms with van der Waals surface area (Å²) in [7, 11) is 0. The summed E-state index contributed by atoms with van der Waals surface area (Å²) in [4.78, 5) is 74.8. The van der Waals surface area contributed by atoms with Crippen molar-refractivity contribution >= 4 is 68.7 Å². The van der Waals surface area contributed by atoms with Gasteiger partial charge in [-0.3, -0.25) is 19.2 Å². The summed E-state index contributed by atoms with van der Waals surface area (Å²) < 4.78 is 0. The van der Waals surface area contributed by atoms with E-state index in [-0.39, 0.29) is 90.6 Å². The Morgan fingerprint density at radius 3 is 0.760 bits per heavy atom. The topological polar surface area (TPSA) is 180 Å². The Kier molecular flexibility index (Phi) is 15.4. The van der Waals surface area contributed by atoms with Gasteiger partial charge in [-0.15, -0.1) is 0 Å². The Hall–Kier alpha value is -8.64. The Labute approximate surface area is 567 Å². The highest BCUT2D eigenvalue weighted by molar-refractivity contribution is 6.06. The maximum atomic E-state index is 14.6. The first-order valence-corrected chi connectivity index (χ1v) is 34.8. The SMILES string of the molecule is CC(C)(C)c1cc(C2=c3ccc([nH]3)=C(c3c(NC(=O)[C@H]4CC4(C)C)cccc3NC(=O)[C@H]3CC3(C)C)c3ccc([nH]3)C(c3cc(C(C)(C)C)cc(C(C)(C)C)c3)=c3ccc([nH]3)=C(c3c(NC(=O)[C@H]4CC4(C)C)cccc3NC(=O)[C@H]3CC3(C)C)c3ccc2[nH]3)cc(C(C)(C)C)c1. The molecule has 4 saturated carbocycles. The van der Waals surface area contributed by atoms with Gasteiger partial charge >= 0.3 is 0 Å². The van der Waals surface area contributed by atoms with Crippen molar-refractivity contribution in [1.29, 1.82) is 0 Å². The third-order valence-electron chi connectivity index (χ3n) is 21.8. The number of aromatic amines is 4. The lowest BCUT2D eigenvalue weighted by atomic mass is 9.78. The Morgan fingerprint density at radius 2 is 0.542 bits per heavy atom. The number of H-pyrrole nitrogens is 4. The number of rotatable bonds is 12. The smallest absolute Gasteiger partial charge is 0.228 e. The number of carbonyl (C=O) groups excluding carboxylic acids is 4. The molecule has 12 nitrogen and oxygen atoms in total. The number of aromatic nitrogens is 4. The zero-order valence-corrected chi connectivity index (χ0v) is 60.3. The first-order valence-electron chi connectivity index (χ1n) is 34.8. The molecule has 4 amide bonds. The molecular weight excluding hydrogens is 1180 g/mol. The summed E-state index contributed by atoms with van der Waals surface area (Å²) >= 11 is 0. The number of fused-ring (bicyclic) bond motifs is 8. The molecule has 4 aromatic carbocycles. The van der Waals surface area contributed by atoms with Crippen LogP contribution in [-0.4, -0.2) is 43.6 Å². The number of benzene rings is 4. The highest BCUT2D eigenvalue weighted by atomic mass is 16.2. The van der Waals surface area contributed by atoms with E-state index in [4.69, 9.17) is 0 Å². The van der Waals surface area contributed by atoms with E-state index in [1.54, 1.807) is 0 Å². The van der Waals surface area contributed by atoms with Crippen LogP contribution in [-0.2, 0) is 40.8 Å². The number of anilines is 4. The molecule has 96 heavy (non-hydrogen) atoms. The molecule has 8 aromatic rings. The quantitative estimate of drug-likeness (QED) is 0.0607. The average Bonchev–Trinajstić information content (AvgIpc) is 1.74. The second-order valence-corrected chi connectivity index (χ2v) is 35.6. The van der Waals surface area contributed by atoms with E-state index in [0.717, 1.165) is 103 Å². The third kappa shape index (κ3) is 12.6. The molecule has 4 fully saturated rings. The summed E-state index contributed by atoms with van der Waals surface area (Å²) in [6.45, 7) is 44.2. The van der Waals surface area contributed by atoms with E-state index in [9.17, 15) is 19.2 Å². The number of amides is 4. The van der Waals surface area contributed by atoms with Crippen LogP contribution in [0.2, 0.25) is 0 Å². The van der Waals surface area contributed by atoms with Crippen molar-refractivity contribution in [2.45, 2.75) is 186 Å². The van der Waals surface area contributed by atoms with E-state index >= 15 is 0 Å². The lowest BCUT2D eigenvalue weighted by molar-refractivity contribution is -0.118. The zero-order chi connectivity index (χ0) is 69.1. The van der Waals surface area contributed by atoms with Crippen molar-refractivity contribution in [3.05, 3.63) is 210 Å². The van der Waals surface area contributed by atoms with Crippen LogP contribution in [0.25, 0.3) is 22.3 Å². The van der Waals surface area contributed by atoms with Crippen LogP contribution in [0, 0.1) is 45.3 Å². The minimum absolute atomic E-state index is 0.0614. The molecule has 8 bridgehead atoms. The summed E-state index contributed by atoms with van der Waals surface area (Å²) in [5.41, 5.74) is 15.3. The molecule has 5 heterocycles. The molecule has 13 rings (SSSR count). The molecule has 4 aromatic heterocycles. The zero-order valence-electron chi connectivity index (χ0n) is 60.3. The van der Waals surface area contributed by atoms with Gasteiger partial charge < -0.3 is 41.2 Å². The minimum atomic E-state index is -0.228. The van der Waals surface area contributed by atoms with Gasteiger partial charge in [-0.05, 0) is 175 Å². The molecule has 12 heteroatoms. The van der Waals surface area contributed by atoms with Gasteiger partial charge in [0.15, 0.2) is 0 Å². The van der Waals surface area contributed by atoms with Crippen LogP contribution in [0.5, 0.6) is 0 Å². The standard InChI is InChI=1S/C84H100N8O4/c1-77(2,3)47-35-45(36-48(39-47)78(4,5)6)67-59-27-31-63(85-59)71(69-55(89-73(93)51-41-81(51,13)14)23-21-24-56(69)90-74(94)52-42-82(52,15)16)65-33-29-61(87-65)68(46-37-49(79(7,8)9)40-50(38-46)80(10,11)12)62-30-34-66(88-62)72(64-32-28-60(67)86-64)70-57(91-75(95)53-43-83(53,17)18)25-22-26-58(70)92-76(96)54-44-84(54,19)20/h21-40,51-54,85-88H,41-44H2,1-20H3,(H,89,93)(H,90,94)(H,91,95)(H,92,96)/t51-,52-,53-,54-/m1/s1. The predicted octanol–water partition coefficient (Wildman–Crippen LogP) is 15.4. The van der Waals surface area contributed by atoms with Gasteiger partial charge in [-0.1, -0.05) is 187 Å². The van der Waals surface area contributed by atoms with Crippen LogP contribution in [0.15, 0.2) is 121 Å². The summed E-state index contributed by atoms with van der Waals surface area (Å²) in [5, 5.41) is 16.9. The maximum Gasteiger partial charge on any atom is 0.228 e. The minimum Gasteiger partial charge on any atom is -0.354 e. The summed E-state index contributed by atoms with van der Waals surface area (Å²) in [6, 6.07) is 42.7. The monoisotopic (exact) mass is 1280 g/mol. The van der Waals surface area contributed by atoms with Gasteiger partial charge in [0.2, 0.25) is 23.6 Å².